The van der Waals surface area contributed by atoms with Gasteiger partial charge in [0.15, 0.2) is 0 Å². The van der Waals surface area contributed by atoms with E-state index < -0.39 is 17.6 Å². The van der Waals surface area contributed by atoms with Crippen LogP contribution in [0.5, 0.6) is 5.75 Å². The normalized spacial score (nSPS) is 24.4. The molecule has 0 unspecified atom stereocenters. The second-order valence-electron chi connectivity index (χ2n) is 6.54. The number of aliphatic hydroxyl groups is 1. The van der Waals surface area contributed by atoms with Crippen molar-refractivity contribution in [2.24, 2.45) is 5.41 Å². The molecule has 0 aliphatic carbocycles. The first-order chi connectivity index (χ1) is 10.1. The molecular formula is C16H21F2NO3. The Morgan fingerprint density at radius 1 is 1.27 bits per heavy atom. The molecule has 1 aliphatic heterocycles. The quantitative estimate of drug-likeness (QED) is 0.933. The van der Waals surface area contributed by atoms with Gasteiger partial charge >= 0.3 is 6.61 Å². The summed E-state index contributed by atoms with van der Waals surface area (Å²) in [6.45, 7) is 3.65. The van der Waals surface area contributed by atoms with Crippen LogP contribution in [0, 0.1) is 5.41 Å². The number of rotatable bonds is 3. The molecule has 0 radical (unpaired) electrons. The van der Waals surface area contributed by atoms with Crippen molar-refractivity contribution in [3.63, 3.8) is 0 Å². The van der Waals surface area contributed by atoms with Gasteiger partial charge in [0.05, 0.1) is 5.60 Å². The Labute approximate surface area is 128 Å². The summed E-state index contributed by atoms with van der Waals surface area (Å²) in [6.07, 6.45) is 0.498. The highest BCUT2D eigenvalue weighted by molar-refractivity contribution is 5.94. The van der Waals surface area contributed by atoms with E-state index in [4.69, 9.17) is 0 Å². The molecule has 0 aromatic heterocycles. The number of halogens is 2. The van der Waals surface area contributed by atoms with Gasteiger partial charge in [0, 0.05) is 24.1 Å². The molecule has 1 aromatic rings. The van der Waals surface area contributed by atoms with Gasteiger partial charge in [-0.1, -0.05) is 13.8 Å². The summed E-state index contributed by atoms with van der Waals surface area (Å²) < 4.78 is 28.5. The number of piperidine rings is 1. The third-order valence-electron chi connectivity index (χ3n) is 4.53. The van der Waals surface area contributed by atoms with Crippen molar-refractivity contribution in [2.75, 3.05) is 13.1 Å². The number of amides is 1. The summed E-state index contributed by atoms with van der Waals surface area (Å²) >= 11 is 0. The Morgan fingerprint density at radius 3 is 2.36 bits per heavy atom. The van der Waals surface area contributed by atoms with E-state index in [1.54, 1.807) is 11.8 Å². The van der Waals surface area contributed by atoms with Gasteiger partial charge in [0.2, 0.25) is 0 Å². The van der Waals surface area contributed by atoms with Crippen molar-refractivity contribution in [2.45, 2.75) is 39.4 Å². The van der Waals surface area contributed by atoms with E-state index in [2.05, 4.69) is 4.74 Å². The van der Waals surface area contributed by atoms with Gasteiger partial charge < -0.3 is 14.7 Å². The molecule has 1 aliphatic rings. The van der Waals surface area contributed by atoms with E-state index in [0.717, 1.165) is 0 Å². The molecule has 0 saturated carbocycles. The van der Waals surface area contributed by atoms with Crippen LogP contribution in [-0.4, -0.2) is 41.2 Å². The first kappa shape index (κ1) is 16.7. The van der Waals surface area contributed by atoms with Crippen LogP contribution in [0.3, 0.4) is 0 Å². The largest absolute Gasteiger partial charge is 0.435 e. The van der Waals surface area contributed by atoms with E-state index in [-0.39, 0.29) is 11.7 Å². The number of nitrogens with zero attached hydrogens (tertiary/aromatic N) is 1. The molecule has 0 spiro atoms. The standard InChI is InChI=1S/C16H21F2NO3/c1-15(2)10-19(9-8-16(15,3)21)13(20)11-4-6-12(7-5-11)22-14(17)18/h4-7,14,21H,8-10H2,1-3H3/t16-/m0/s1. The lowest BCUT2D eigenvalue weighted by molar-refractivity contribution is -0.0971. The number of carbonyl (C=O) groups is 1. The number of likely N-dealkylation sites (tertiary alicyclic amines) is 1. The minimum absolute atomic E-state index is 0.0217. The molecule has 122 valence electrons. The Bertz CT molecular complexity index is 541. The van der Waals surface area contributed by atoms with Crippen LogP contribution in [0.2, 0.25) is 0 Å². The molecule has 4 nitrogen and oxygen atoms in total. The van der Waals surface area contributed by atoms with Crippen LogP contribution in [0.1, 0.15) is 37.6 Å². The molecule has 22 heavy (non-hydrogen) atoms. The summed E-state index contributed by atoms with van der Waals surface area (Å²) in [5, 5.41) is 10.4. The number of ether oxygens (including phenoxy) is 1. The van der Waals surface area contributed by atoms with Crippen molar-refractivity contribution >= 4 is 5.91 Å². The Balaban J connectivity index is 2.09. The predicted molar refractivity (Wildman–Crippen MR) is 78.0 cm³/mol. The lowest BCUT2D eigenvalue weighted by Gasteiger charge is -2.48. The molecule has 1 fully saturated rings. The van der Waals surface area contributed by atoms with Gasteiger partial charge in [-0.15, -0.1) is 0 Å². The lowest BCUT2D eigenvalue weighted by Crippen LogP contribution is -2.56. The summed E-state index contributed by atoms with van der Waals surface area (Å²) in [5.41, 5.74) is -0.822. The summed E-state index contributed by atoms with van der Waals surface area (Å²) in [5.74, 6) is -0.152. The minimum atomic E-state index is -2.88. The van der Waals surface area contributed by atoms with Crippen molar-refractivity contribution in [3.05, 3.63) is 29.8 Å². The summed E-state index contributed by atoms with van der Waals surface area (Å²) in [6, 6.07) is 5.65. The highest BCUT2D eigenvalue weighted by Crippen LogP contribution is 2.38. The molecule has 1 atom stereocenters. The van der Waals surface area contributed by atoms with Crippen LogP contribution >= 0.6 is 0 Å². The third-order valence-corrected chi connectivity index (χ3v) is 4.53. The number of hydrogen-bond donors (Lipinski definition) is 1. The maximum atomic E-state index is 12.5. The van der Waals surface area contributed by atoms with Gasteiger partial charge in [-0.05, 0) is 37.6 Å². The van der Waals surface area contributed by atoms with Crippen LogP contribution in [0.4, 0.5) is 8.78 Å². The monoisotopic (exact) mass is 313 g/mol. The smallest absolute Gasteiger partial charge is 0.387 e. The molecule has 1 aromatic carbocycles. The minimum Gasteiger partial charge on any atom is -0.435 e. The van der Waals surface area contributed by atoms with Crippen molar-refractivity contribution in [3.8, 4) is 5.75 Å². The topological polar surface area (TPSA) is 49.8 Å². The maximum Gasteiger partial charge on any atom is 0.387 e. The highest BCUT2D eigenvalue weighted by atomic mass is 19.3. The van der Waals surface area contributed by atoms with Crippen molar-refractivity contribution in [1.82, 2.24) is 4.90 Å². The van der Waals surface area contributed by atoms with Gasteiger partial charge in [-0.2, -0.15) is 8.78 Å². The fourth-order valence-electron chi connectivity index (χ4n) is 2.55. The molecule has 1 saturated heterocycles. The first-order valence-corrected chi connectivity index (χ1v) is 7.19. The molecule has 1 amide bonds. The second kappa shape index (κ2) is 5.83. The number of benzene rings is 1. The van der Waals surface area contributed by atoms with Crippen molar-refractivity contribution in [1.29, 1.82) is 0 Å². The highest BCUT2D eigenvalue weighted by Gasteiger charge is 2.45. The molecule has 0 bridgehead atoms. The van der Waals surface area contributed by atoms with Gasteiger partial charge in [0.1, 0.15) is 5.75 Å². The second-order valence-corrected chi connectivity index (χ2v) is 6.54. The third kappa shape index (κ3) is 3.38. The van der Waals surface area contributed by atoms with Gasteiger partial charge in [0.25, 0.3) is 5.91 Å². The van der Waals surface area contributed by atoms with E-state index >= 15 is 0 Å². The molecule has 1 N–H and O–H groups in total. The molecular weight excluding hydrogens is 292 g/mol. The zero-order valence-electron chi connectivity index (χ0n) is 13.0. The van der Waals surface area contributed by atoms with E-state index in [1.807, 2.05) is 13.8 Å². The van der Waals surface area contributed by atoms with Crippen LogP contribution < -0.4 is 4.74 Å². The first-order valence-electron chi connectivity index (χ1n) is 7.19. The fourth-order valence-corrected chi connectivity index (χ4v) is 2.55. The number of carbonyl (C=O) groups excluding carboxylic acids is 1. The van der Waals surface area contributed by atoms with E-state index in [0.29, 0.717) is 25.1 Å². The predicted octanol–water partition coefficient (Wildman–Crippen LogP) is 2.91. The Kier molecular flexibility index (Phi) is 4.42. The molecule has 2 rings (SSSR count). The molecule has 6 heteroatoms. The van der Waals surface area contributed by atoms with Crippen molar-refractivity contribution < 1.29 is 23.4 Å². The van der Waals surface area contributed by atoms with Crippen LogP contribution in [0.25, 0.3) is 0 Å². The Hall–Kier alpha value is -1.69. The zero-order chi connectivity index (χ0) is 16.5. The van der Waals surface area contributed by atoms with Gasteiger partial charge in [-0.25, -0.2) is 0 Å². The number of alkyl halides is 2. The van der Waals surface area contributed by atoms with Crippen LogP contribution in [0.15, 0.2) is 24.3 Å². The Morgan fingerprint density at radius 2 is 1.86 bits per heavy atom. The summed E-state index contributed by atoms with van der Waals surface area (Å²) in [7, 11) is 0. The van der Waals surface area contributed by atoms with E-state index in [9.17, 15) is 18.7 Å². The maximum absolute atomic E-state index is 12.5. The SMILES string of the molecule is CC1(C)CN(C(=O)c2ccc(OC(F)F)cc2)CC[C@]1(C)O. The lowest BCUT2D eigenvalue weighted by atomic mass is 9.71. The zero-order valence-corrected chi connectivity index (χ0v) is 13.0. The van der Waals surface area contributed by atoms with E-state index in [1.165, 1.54) is 24.3 Å². The van der Waals surface area contributed by atoms with Gasteiger partial charge in [-0.3, -0.25) is 4.79 Å². The summed E-state index contributed by atoms with van der Waals surface area (Å²) in [4.78, 5) is 14.2. The average Bonchev–Trinajstić information content (AvgIpc) is 2.41. The average molecular weight is 313 g/mol. The molecule has 1 heterocycles. The van der Waals surface area contributed by atoms with Crippen LogP contribution in [-0.2, 0) is 0 Å². The fraction of sp³-hybridized carbons (Fsp3) is 0.562. The number of hydrogen-bond acceptors (Lipinski definition) is 3.